The van der Waals surface area contributed by atoms with Crippen LogP contribution in [0.1, 0.15) is 49.0 Å². The Kier molecular flexibility index (Phi) is 5.56. The predicted octanol–water partition coefficient (Wildman–Crippen LogP) is 1.80. The Morgan fingerprint density at radius 2 is 1.96 bits per heavy atom. The van der Waals surface area contributed by atoms with Gasteiger partial charge in [-0.1, -0.05) is 4.49 Å². The zero-order valence-electron chi connectivity index (χ0n) is 14.2. The van der Waals surface area contributed by atoms with Crippen molar-refractivity contribution >= 4 is 23.5 Å². The first-order valence-corrected chi connectivity index (χ1v) is 8.68. The lowest BCUT2D eigenvalue weighted by Crippen LogP contribution is -2.48. The average molecular weight is 339 g/mol. The van der Waals surface area contributed by atoms with E-state index in [9.17, 15) is 9.59 Å². The molecular formula is C15H25N5O2S. The van der Waals surface area contributed by atoms with Crippen LogP contribution in [0, 0.1) is 12.8 Å². The highest BCUT2D eigenvalue weighted by Crippen LogP contribution is 2.20. The molecule has 1 fully saturated rings. The van der Waals surface area contributed by atoms with Gasteiger partial charge in [0, 0.05) is 25.2 Å². The lowest BCUT2D eigenvalue weighted by atomic mass is 9.96. The quantitative estimate of drug-likeness (QED) is 0.879. The van der Waals surface area contributed by atoms with Crippen LogP contribution in [0.3, 0.4) is 0 Å². The summed E-state index contributed by atoms with van der Waals surface area (Å²) in [4.78, 5) is 26.6. The topological polar surface area (TPSA) is 87.2 Å². The fraction of sp³-hybridized carbons (Fsp3) is 0.733. The maximum atomic E-state index is 12.4. The van der Waals surface area contributed by atoms with Crippen LogP contribution in [0.15, 0.2) is 0 Å². The molecular weight excluding hydrogens is 314 g/mol. The first kappa shape index (κ1) is 17.7. The highest BCUT2D eigenvalue weighted by Gasteiger charge is 2.26. The third-order valence-electron chi connectivity index (χ3n) is 3.79. The van der Waals surface area contributed by atoms with Gasteiger partial charge in [-0.25, -0.2) is 4.79 Å². The van der Waals surface area contributed by atoms with E-state index in [4.69, 9.17) is 0 Å². The first-order chi connectivity index (χ1) is 10.8. The lowest BCUT2D eigenvalue weighted by molar-refractivity contribution is 0.0694. The van der Waals surface area contributed by atoms with Crippen molar-refractivity contribution in [1.82, 2.24) is 25.1 Å². The number of amides is 3. The molecule has 2 rings (SSSR count). The molecule has 7 nitrogen and oxygen atoms in total. The minimum Gasteiger partial charge on any atom is -0.338 e. The van der Waals surface area contributed by atoms with Crippen molar-refractivity contribution < 1.29 is 9.59 Å². The largest absolute Gasteiger partial charge is 0.338 e. The maximum absolute atomic E-state index is 12.4. The molecule has 8 heteroatoms. The number of nitrogens with one attached hydrogen (secondary N) is 2. The van der Waals surface area contributed by atoms with Crippen molar-refractivity contribution in [2.75, 3.05) is 19.6 Å². The van der Waals surface area contributed by atoms with E-state index in [0.717, 1.165) is 24.4 Å². The van der Waals surface area contributed by atoms with Crippen LogP contribution in [0.4, 0.5) is 4.79 Å². The summed E-state index contributed by atoms with van der Waals surface area (Å²) in [6, 6.07) is -0.137. The van der Waals surface area contributed by atoms with E-state index >= 15 is 0 Å². The van der Waals surface area contributed by atoms with Gasteiger partial charge in [-0.05, 0) is 58.0 Å². The van der Waals surface area contributed by atoms with Crippen molar-refractivity contribution in [3.63, 3.8) is 0 Å². The Morgan fingerprint density at radius 1 is 1.30 bits per heavy atom. The normalized spacial score (nSPS) is 16.3. The Hall–Kier alpha value is -1.70. The summed E-state index contributed by atoms with van der Waals surface area (Å²) in [5.41, 5.74) is 0.461. The van der Waals surface area contributed by atoms with E-state index in [1.807, 2.05) is 25.7 Å². The van der Waals surface area contributed by atoms with Crippen molar-refractivity contribution in [3.8, 4) is 0 Å². The van der Waals surface area contributed by atoms with Crippen LogP contribution in [0.5, 0.6) is 0 Å². The number of hydrogen-bond acceptors (Lipinski definition) is 5. The third kappa shape index (κ3) is 5.16. The van der Waals surface area contributed by atoms with Gasteiger partial charge < -0.3 is 15.5 Å². The van der Waals surface area contributed by atoms with Crippen molar-refractivity contribution in [1.29, 1.82) is 0 Å². The molecule has 0 aromatic carbocycles. The van der Waals surface area contributed by atoms with E-state index in [0.29, 0.717) is 36.1 Å². The summed E-state index contributed by atoms with van der Waals surface area (Å²) < 4.78 is 3.82. The van der Waals surface area contributed by atoms with Crippen LogP contribution >= 0.6 is 11.5 Å². The number of aryl methyl sites for hydroxylation is 1. The van der Waals surface area contributed by atoms with E-state index in [-0.39, 0.29) is 17.5 Å². The van der Waals surface area contributed by atoms with Crippen molar-refractivity contribution in [3.05, 3.63) is 10.6 Å². The molecule has 1 aliphatic heterocycles. The SMILES string of the molecule is Cc1nnsc1C(=O)N1CCC(CNC(=O)NC(C)(C)C)CC1. The number of hydrogen-bond donors (Lipinski definition) is 2. The zero-order chi connectivity index (χ0) is 17.0. The summed E-state index contributed by atoms with van der Waals surface area (Å²) in [6.07, 6.45) is 1.79. The fourth-order valence-corrected chi connectivity index (χ4v) is 3.16. The second-order valence-electron chi connectivity index (χ2n) is 7.01. The number of carbonyl (C=O) groups excluding carboxylic acids is 2. The Morgan fingerprint density at radius 3 is 2.48 bits per heavy atom. The molecule has 0 bridgehead atoms. The molecule has 2 N–H and O–H groups in total. The van der Waals surface area contributed by atoms with Gasteiger partial charge in [0.1, 0.15) is 4.88 Å². The van der Waals surface area contributed by atoms with Crippen LogP contribution in [0.25, 0.3) is 0 Å². The number of aromatic nitrogens is 2. The number of carbonyl (C=O) groups is 2. The monoisotopic (exact) mass is 339 g/mol. The van der Waals surface area contributed by atoms with E-state index < -0.39 is 0 Å². The van der Waals surface area contributed by atoms with Gasteiger partial charge in [-0.15, -0.1) is 5.10 Å². The van der Waals surface area contributed by atoms with E-state index in [2.05, 4.69) is 20.2 Å². The molecule has 1 saturated heterocycles. The van der Waals surface area contributed by atoms with Crippen molar-refractivity contribution in [2.24, 2.45) is 5.92 Å². The molecule has 0 radical (unpaired) electrons. The number of rotatable bonds is 3. The highest BCUT2D eigenvalue weighted by atomic mass is 32.1. The molecule has 0 aliphatic carbocycles. The van der Waals surface area contributed by atoms with Gasteiger partial charge in [0.05, 0.1) is 5.69 Å². The molecule has 1 aromatic rings. The van der Waals surface area contributed by atoms with E-state index in [1.165, 1.54) is 0 Å². The predicted molar refractivity (Wildman–Crippen MR) is 89.6 cm³/mol. The van der Waals surface area contributed by atoms with E-state index in [1.54, 1.807) is 6.92 Å². The van der Waals surface area contributed by atoms with Crippen LogP contribution in [0.2, 0.25) is 0 Å². The average Bonchev–Trinajstić information content (AvgIpc) is 2.89. The van der Waals surface area contributed by atoms with Gasteiger partial charge in [-0.2, -0.15) is 0 Å². The molecule has 0 spiro atoms. The van der Waals surface area contributed by atoms with Crippen LogP contribution in [-0.2, 0) is 0 Å². The summed E-state index contributed by atoms with van der Waals surface area (Å²) in [6.45, 7) is 9.73. The second-order valence-corrected chi connectivity index (χ2v) is 7.76. The van der Waals surface area contributed by atoms with Gasteiger partial charge in [0.15, 0.2) is 0 Å². The summed E-state index contributed by atoms with van der Waals surface area (Å²) in [7, 11) is 0. The molecule has 3 amide bonds. The maximum Gasteiger partial charge on any atom is 0.315 e. The van der Waals surface area contributed by atoms with Crippen LogP contribution < -0.4 is 10.6 Å². The van der Waals surface area contributed by atoms with Crippen molar-refractivity contribution in [2.45, 2.75) is 46.1 Å². The minimum absolute atomic E-state index is 0.0226. The summed E-state index contributed by atoms with van der Waals surface area (Å²) in [5, 5.41) is 9.69. The Labute approximate surface area is 141 Å². The fourth-order valence-electron chi connectivity index (χ4n) is 2.53. The Bertz CT molecular complexity index is 558. The number of nitrogens with zero attached hydrogens (tertiary/aromatic N) is 3. The molecule has 0 unspecified atom stereocenters. The molecule has 128 valence electrons. The van der Waals surface area contributed by atoms with Gasteiger partial charge in [-0.3, -0.25) is 4.79 Å². The van der Waals surface area contributed by atoms with Gasteiger partial charge in [0.25, 0.3) is 5.91 Å². The molecule has 23 heavy (non-hydrogen) atoms. The molecule has 1 aliphatic rings. The minimum atomic E-state index is -0.236. The van der Waals surface area contributed by atoms with Crippen LogP contribution in [-0.4, -0.2) is 51.6 Å². The number of urea groups is 1. The summed E-state index contributed by atoms with van der Waals surface area (Å²) in [5.74, 6) is 0.430. The number of piperidine rings is 1. The standard InChI is InChI=1S/C15H25N5O2S/c1-10-12(23-19-18-10)13(21)20-7-5-11(6-8-20)9-16-14(22)17-15(2,3)4/h11H,5-9H2,1-4H3,(H2,16,17,22). The molecule has 0 saturated carbocycles. The number of likely N-dealkylation sites (tertiary alicyclic amines) is 1. The van der Waals surface area contributed by atoms with Gasteiger partial charge in [0.2, 0.25) is 0 Å². The molecule has 1 aromatic heterocycles. The lowest BCUT2D eigenvalue weighted by Gasteiger charge is -2.32. The smallest absolute Gasteiger partial charge is 0.315 e. The highest BCUT2D eigenvalue weighted by molar-refractivity contribution is 7.07. The second kappa shape index (κ2) is 7.25. The Balaban J connectivity index is 1.75. The molecule has 2 heterocycles. The first-order valence-electron chi connectivity index (χ1n) is 7.90. The third-order valence-corrected chi connectivity index (χ3v) is 4.60. The summed E-state index contributed by atoms with van der Waals surface area (Å²) >= 11 is 1.15. The zero-order valence-corrected chi connectivity index (χ0v) is 15.0. The van der Waals surface area contributed by atoms with Gasteiger partial charge >= 0.3 is 6.03 Å². The molecule has 0 atom stereocenters.